The maximum atomic E-state index is 3.85. The molecule has 0 saturated carbocycles. The second kappa shape index (κ2) is 6.11. The summed E-state index contributed by atoms with van der Waals surface area (Å²) in [6.45, 7) is 0. The molecule has 0 bridgehead atoms. The van der Waals surface area contributed by atoms with Crippen LogP contribution in [0.25, 0.3) is 10.8 Å². The Hall–Kier alpha value is -1.12. The van der Waals surface area contributed by atoms with Crippen LogP contribution < -0.4 is 0 Å². The minimum absolute atomic E-state index is 0.328. The molecule has 0 spiro atoms. The van der Waals surface area contributed by atoms with E-state index >= 15 is 0 Å². The SMILES string of the molecule is Brc1ccc(CC(Br)c2cccc3ccccc23)cc1. The molecule has 100 valence electrons. The fourth-order valence-corrected chi connectivity index (χ4v) is 3.50. The van der Waals surface area contributed by atoms with Crippen LogP contribution in [0.4, 0.5) is 0 Å². The van der Waals surface area contributed by atoms with Crippen molar-refractivity contribution in [1.82, 2.24) is 0 Å². The largest absolute Gasteiger partial charge is 0.0835 e. The van der Waals surface area contributed by atoms with E-state index in [2.05, 4.69) is 98.6 Å². The summed E-state index contributed by atoms with van der Waals surface area (Å²) in [5.41, 5.74) is 2.69. The number of rotatable bonds is 3. The van der Waals surface area contributed by atoms with E-state index in [1.54, 1.807) is 0 Å². The first-order valence-corrected chi connectivity index (χ1v) is 8.31. The van der Waals surface area contributed by atoms with Crippen molar-refractivity contribution in [2.45, 2.75) is 11.2 Å². The maximum absolute atomic E-state index is 3.85. The van der Waals surface area contributed by atoms with Crippen molar-refractivity contribution in [3.8, 4) is 0 Å². The predicted molar refractivity (Wildman–Crippen MR) is 93.5 cm³/mol. The second-order valence-electron chi connectivity index (χ2n) is 4.87. The second-order valence-corrected chi connectivity index (χ2v) is 6.89. The van der Waals surface area contributed by atoms with Crippen LogP contribution in [-0.4, -0.2) is 0 Å². The number of halogens is 2. The fourth-order valence-electron chi connectivity index (χ4n) is 2.46. The summed E-state index contributed by atoms with van der Waals surface area (Å²) in [7, 11) is 0. The summed E-state index contributed by atoms with van der Waals surface area (Å²) in [6.07, 6.45) is 0.987. The molecule has 2 heteroatoms. The van der Waals surface area contributed by atoms with E-state index in [1.165, 1.54) is 21.9 Å². The smallest absolute Gasteiger partial charge is 0.0441 e. The standard InChI is InChI=1S/C18H14Br2/c19-15-10-8-13(9-11-15)12-18(20)17-7-3-5-14-4-1-2-6-16(14)17/h1-11,18H,12H2. The summed E-state index contributed by atoms with van der Waals surface area (Å²) in [5.74, 6) is 0. The molecule has 20 heavy (non-hydrogen) atoms. The average Bonchev–Trinajstić information content (AvgIpc) is 2.49. The Bertz CT molecular complexity index is 712. The molecule has 0 heterocycles. The number of fused-ring (bicyclic) bond motifs is 1. The third-order valence-electron chi connectivity index (χ3n) is 3.49. The van der Waals surface area contributed by atoms with Gasteiger partial charge in [-0.05, 0) is 40.5 Å². The molecule has 0 aliphatic carbocycles. The van der Waals surface area contributed by atoms with Crippen molar-refractivity contribution in [3.63, 3.8) is 0 Å². The molecule has 0 aromatic heterocycles. The summed E-state index contributed by atoms with van der Waals surface area (Å²) < 4.78 is 1.12. The van der Waals surface area contributed by atoms with Gasteiger partial charge in [0, 0.05) is 9.30 Å². The van der Waals surface area contributed by atoms with Gasteiger partial charge in [0.15, 0.2) is 0 Å². The van der Waals surface area contributed by atoms with Gasteiger partial charge in [-0.3, -0.25) is 0 Å². The third-order valence-corrected chi connectivity index (χ3v) is 4.83. The van der Waals surface area contributed by atoms with Crippen LogP contribution in [0, 0.1) is 0 Å². The zero-order chi connectivity index (χ0) is 13.9. The Kier molecular flexibility index (Phi) is 4.23. The normalized spacial score (nSPS) is 12.5. The van der Waals surface area contributed by atoms with E-state index in [0.717, 1.165) is 10.9 Å². The van der Waals surface area contributed by atoms with Crippen molar-refractivity contribution in [1.29, 1.82) is 0 Å². The van der Waals surface area contributed by atoms with Gasteiger partial charge >= 0.3 is 0 Å². The van der Waals surface area contributed by atoms with E-state index in [-0.39, 0.29) is 0 Å². The Labute approximate surface area is 136 Å². The molecule has 1 atom stereocenters. The Balaban J connectivity index is 1.92. The van der Waals surface area contributed by atoms with Crippen LogP contribution in [-0.2, 0) is 6.42 Å². The lowest BCUT2D eigenvalue weighted by molar-refractivity contribution is 0.957. The maximum Gasteiger partial charge on any atom is 0.0441 e. The van der Waals surface area contributed by atoms with E-state index in [4.69, 9.17) is 0 Å². The zero-order valence-electron chi connectivity index (χ0n) is 10.9. The van der Waals surface area contributed by atoms with Crippen molar-refractivity contribution in [2.24, 2.45) is 0 Å². The zero-order valence-corrected chi connectivity index (χ0v) is 14.1. The van der Waals surface area contributed by atoms with Crippen LogP contribution >= 0.6 is 31.9 Å². The van der Waals surface area contributed by atoms with Gasteiger partial charge < -0.3 is 0 Å². The number of benzene rings is 3. The first-order valence-electron chi connectivity index (χ1n) is 6.60. The van der Waals surface area contributed by atoms with E-state index in [9.17, 15) is 0 Å². The molecule has 0 aliphatic rings. The third kappa shape index (κ3) is 2.97. The van der Waals surface area contributed by atoms with Crippen molar-refractivity contribution < 1.29 is 0 Å². The highest BCUT2D eigenvalue weighted by Gasteiger charge is 2.11. The first-order chi connectivity index (χ1) is 9.74. The van der Waals surface area contributed by atoms with Gasteiger partial charge in [0.05, 0.1) is 0 Å². The van der Waals surface area contributed by atoms with Crippen molar-refractivity contribution in [2.75, 3.05) is 0 Å². The van der Waals surface area contributed by atoms with Gasteiger partial charge in [0.2, 0.25) is 0 Å². The highest BCUT2D eigenvalue weighted by Crippen LogP contribution is 2.32. The predicted octanol–water partition coefficient (Wildman–Crippen LogP) is 6.28. The van der Waals surface area contributed by atoms with Gasteiger partial charge in [-0.2, -0.15) is 0 Å². The lowest BCUT2D eigenvalue weighted by atomic mass is 9.98. The quantitative estimate of drug-likeness (QED) is 0.462. The molecule has 0 nitrogen and oxygen atoms in total. The van der Waals surface area contributed by atoms with Gasteiger partial charge in [0.1, 0.15) is 0 Å². The lowest BCUT2D eigenvalue weighted by Gasteiger charge is -2.13. The molecule has 1 unspecified atom stereocenters. The minimum atomic E-state index is 0.328. The molecular weight excluding hydrogens is 376 g/mol. The number of hydrogen-bond donors (Lipinski definition) is 0. The molecule has 0 aliphatic heterocycles. The van der Waals surface area contributed by atoms with Crippen LogP contribution in [0.15, 0.2) is 71.2 Å². The highest BCUT2D eigenvalue weighted by molar-refractivity contribution is 9.10. The van der Waals surface area contributed by atoms with Gasteiger partial charge in [-0.15, -0.1) is 0 Å². The van der Waals surface area contributed by atoms with E-state index < -0.39 is 0 Å². The van der Waals surface area contributed by atoms with Crippen LogP contribution in [0.3, 0.4) is 0 Å². The fraction of sp³-hybridized carbons (Fsp3) is 0.111. The first kappa shape index (κ1) is 13.8. The van der Waals surface area contributed by atoms with Crippen LogP contribution in [0.1, 0.15) is 16.0 Å². The highest BCUT2D eigenvalue weighted by atomic mass is 79.9. The molecule has 0 saturated heterocycles. The topological polar surface area (TPSA) is 0 Å². The Morgan fingerprint density at radius 1 is 0.800 bits per heavy atom. The van der Waals surface area contributed by atoms with E-state index in [0.29, 0.717) is 4.83 Å². The van der Waals surface area contributed by atoms with Gasteiger partial charge in [-0.1, -0.05) is 86.5 Å². The van der Waals surface area contributed by atoms with Crippen molar-refractivity contribution in [3.05, 3.63) is 82.3 Å². The molecule has 0 radical (unpaired) electrons. The van der Waals surface area contributed by atoms with E-state index in [1.807, 2.05) is 0 Å². The van der Waals surface area contributed by atoms with Crippen molar-refractivity contribution >= 4 is 42.6 Å². The summed E-state index contributed by atoms with van der Waals surface area (Å²) in [5, 5.41) is 2.62. The molecule has 0 fully saturated rings. The monoisotopic (exact) mass is 388 g/mol. The molecular formula is C18H14Br2. The summed E-state index contributed by atoms with van der Waals surface area (Å²) >= 11 is 7.33. The summed E-state index contributed by atoms with van der Waals surface area (Å²) in [4.78, 5) is 0.328. The molecule has 3 aromatic rings. The molecule has 3 aromatic carbocycles. The van der Waals surface area contributed by atoms with Crippen LogP contribution in [0.5, 0.6) is 0 Å². The molecule has 3 rings (SSSR count). The lowest BCUT2D eigenvalue weighted by Crippen LogP contribution is -1.96. The number of alkyl halides is 1. The Morgan fingerprint density at radius 3 is 2.30 bits per heavy atom. The van der Waals surface area contributed by atoms with Gasteiger partial charge in [-0.25, -0.2) is 0 Å². The minimum Gasteiger partial charge on any atom is -0.0835 e. The van der Waals surface area contributed by atoms with Gasteiger partial charge in [0.25, 0.3) is 0 Å². The summed E-state index contributed by atoms with van der Waals surface area (Å²) in [6, 6.07) is 23.6. The molecule has 0 N–H and O–H groups in total. The Morgan fingerprint density at radius 2 is 1.50 bits per heavy atom. The average molecular weight is 390 g/mol. The number of hydrogen-bond acceptors (Lipinski definition) is 0. The van der Waals surface area contributed by atoms with Crippen LogP contribution in [0.2, 0.25) is 0 Å². The molecule has 0 amide bonds.